The maximum absolute atomic E-state index is 11.5. The van der Waals surface area contributed by atoms with E-state index in [-0.39, 0.29) is 24.2 Å². The first-order valence-electron chi connectivity index (χ1n) is 5.00. The van der Waals surface area contributed by atoms with Gasteiger partial charge in [-0.1, -0.05) is 0 Å². The Morgan fingerprint density at radius 3 is 2.39 bits per heavy atom. The largest absolute Gasteiger partial charge is 0.481 e. The van der Waals surface area contributed by atoms with Crippen molar-refractivity contribution in [2.45, 2.75) is 6.42 Å². The second-order valence-electron chi connectivity index (χ2n) is 3.33. The van der Waals surface area contributed by atoms with Gasteiger partial charge in [-0.3, -0.25) is 25.1 Å². The molecule has 0 radical (unpaired) electrons. The van der Waals surface area contributed by atoms with Crippen LogP contribution in [0.4, 0.5) is 5.69 Å². The van der Waals surface area contributed by atoms with Crippen LogP contribution in [-0.4, -0.2) is 28.5 Å². The van der Waals surface area contributed by atoms with E-state index in [2.05, 4.69) is 10.9 Å². The third kappa shape index (κ3) is 4.18. The Morgan fingerprint density at radius 1 is 1.28 bits per heavy atom. The van der Waals surface area contributed by atoms with Gasteiger partial charge in [0.15, 0.2) is 0 Å². The van der Waals surface area contributed by atoms with Crippen LogP contribution in [0.25, 0.3) is 0 Å². The lowest BCUT2D eigenvalue weighted by atomic mass is 10.2. The summed E-state index contributed by atoms with van der Waals surface area (Å²) in [5.74, 6) is -1.47. The van der Waals surface area contributed by atoms with Crippen LogP contribution in [-0.2, 0) is 4.79 Å². The van der Waals surface area contributed by atoms with Crippen LogP contribution in [0.3, 0.4) is 0 Å². The summed E-state index contributed by atoms with van der Waals surface area (Å²) in [6.07, 6.45) is -0.124. The van der Waals surface area contributed by atoms with Gasteiger partial charge in [0.25, 0.3) is 11.6 Å². The van der Waals surface area contributed by atoms with E-state index >= 15 is 0 Å². The minimum atomic E-state index is -0.980. The van der Waals surface area contributed by atoms with Gasteiger partial charge in [0.2, 0.25) is 0 Å². The maximum atomic E-state index is 11.5. The number of hydrogen-bond donors (Lipinski definition) is 3. The molecule has 96 valence electrons. The Bertz CT molecular complexity index is 457. The van der Waals surface area contributed by atoms with Crippen molar-refractivity contribution in [3.05, 3.63) is 39.9 Å². The normalized spacial score (nSPS) is 9.78. The summed E-state index contributed by atoms with van der Waals surface area (Å²) >= 11 is 0. The van der Waals surface area contributed by atoms with Crippen LogP contribution in [0, 0.1) is 10.1 Å². The number of nitro benzene ring substituents is 1. The van der Waals surface area contributed by atoms with Crippen molar-refractivity contribution in [3.8, 4) is 0 Å². The standard InChI is InChI=1S/C10H11N3O5/c14-9(15)5-6-11-12-10(16)7-1-3-8(4-2-7)13(17)18/h1-4,11H,5-6H2,(H,12,16)(H,14,15). The molecule has 1 amide bonds. The fourth-order valence-electron chi connectivity index (χ4n) is 1.12. The van der Waals surface area contributed by atoms with Gasteiger partial charge in [-0.25, -0.2) is 5.43 Å². The molecule has 0 aliphatic heterocycles. The molecule has 0 fully saturated rings. The highest BCUT2D eigenvalue weighted by Crippen LogP contribution is 2.11. The van der Waals surface area contributed by atoms with Gasteiger partial charge in [0.1, 0.15) is 0 Å². The number of aliphatic carboxylic acids is 1. The first-order valence-corrected chi connectivity index (χ1v) is 5.00. The molecule has 8 nitrogen and oxygen atoms in total. The predicted octanol–water partition coefficient (Wildman–Crippen LogP) is 0.304. The smallest absolute Gasteiger partial charge is 0.304 e. The highest BCUT2D eigenvalue weighted by molar-refractivity contribution is 5.94. The number of amides is 1. The third-order valence-electron chi connectivity index (χ3n) is 2.01. The van der Waals surface area contributed by atoms with E-state index < -0.39 is 16.8 Å². The van der Waals surface area contributed by atoms with Gasteiger partial charge >= 0.3 is 5.97 Å². The number of carboxylic acid groups (broad SMARTS) is 1. The molecule has 0 spiro atoms. The predicted molar refractivity (Wildman–Crippen MR) is 60.8 cm³/mol. The highest BCUT2D eigenvalue weighted by Gasteiger charge is 2.08. The van der Waals surface area contributed by atoms with E-state index in [4.69, 9.17) is 5.11 Å². The van der Waals surface area contributed by atoms with Gasteiger partial charge < -0.3 is 5.11 Å². The number of rotatable bonds is 6. The van der Waals surface area contributed by atoms with Crippen molar-refractivity contribution in [2.24, 2.45) is 0 Å². The molecule has 0 saturated carbocycles. The molecule has 8 heteroatoms. The van der Waals surface area contributed by atoms with E-state index in [1.165, 1.54) is 24.3 Å². The van der Waals surface area contributed by atoms with Crippen molar-refractivity contribution in [1.29, 1.82) is 0 Å². The topological polar surface area (TPSA) is 122 Å². The quantitative estimate of drug-likeness (QED) is 0.381. The summed E-state index contributed by atoms with van der Waals surface area (Å²) < 4.78 is 0. The number of nitro groups is 1. The SMILES string of the molecule is O=C(O)CCNNC(=O)c1ccc([N+](=O)[O-])cc1. The molecule has 1 aromatic rings. The zero-order chi connectivity index (χ0) is 13.5. The zero-order valence-corrected chi connectivity index (χ0v) is 9.25. The van der Waals surface area contributed by atoms with Gasteiger partial charge in [0, 0.05) is 24.2 Å². The Hall–Kier alpha value is -2.48. The van der Waals surface area contributed by atoms with Crippen LogP contribution < -0.4 is 10.9 Å². The molecule has 1 rings (SSSR count). The molecule has 0 heterocycles. The molecule has 0 aromatic heterocycles. The van der Waals surface area contributed by atoms with E-state index in [1.54, 1.807) is 0 Å². The number of carbonyl (C=O) groups excluding carboxylic acids is 1. The molecule has 0 unspecified atom stereocenters. The Kier molecular flexibility index (Phi) is 4.76. The molecule has 0 saturated heterocycles. The number of benzene rings is 1. The van der Waals surface area contributed by atoms with Gasteiger partial charge in [-0.2, -0.15) is 0 Å². The van der Waals surface area contributed by atoms with Crippen molar-refractivity contribution in [1.82, 2.24) is 10.9 Å². The van der Waals surface area contributed by atoms with E-state index in [9.17, 15) is 19.7 Å². The fourth-order valence-corrected chi connectivity index (χ4v) is 1.12. The number of nitrogens with zero attached hydrogens (tertiary/aromatic N) is 1. The highest BCUT2D eigenvalue weighted by atomic mass is 16.6. The Morgan fingerprint density at radius 2 is 1.89 bits per heavy atom. The molecular formula is C10H11N3O5. The maximum Gasteiger partial charge on any atom is 0.304 e. The van der Waals surface area contributed by atoms with Crippen molar-refractivity contribution < 1.29 is 19.6 Å². The lowest BCUT2D eigenvalue weighted by Gasteiger charge is -2.05. The molecule has 0 atom stereocenters. The van der Waals surface area contributed by atoms with E-state index in [1.807, 2.05) is 0 Å². The number of non-ortho nitro benzene ring substituents is 1. The number of carboxylic acids is 1. The molecule has 3 N–H and O–H groups in total. The van der Waals surface area contributed by atoms with Crippen LogP contribution in [0.2, 0.25) is 0 Å². The molecular weight excluding hydrogens is 242 g/mol. The average Bonchev–Trinajstić information content (AvgIpc) is 2.34. The molecule has 0 aliphatic rings. The summed E-state index contributed by atoms with van der Waals surface area (Å²) in [4.78, 5) is 31.5. The summed E-state index contributed by atoms with van der Waals surface area (Å²) in [5.41, 5.74) is 4.85. The lowest BCUT2D eigenvalue weighted by molar-refractivity contribution is -0.384. The number of carbonyl (C=O) groups is 2. The van der Waals surface area contributed by atoms with Crippen LogP contribution in [0.15, 0.2) is 24.3 Å². The second kappa shape index (κ2) is 6.30. The molecule has 18 heavy (non-hydrogen) atoms. The first kappa shape index (κ1) is 13.6. The first-order chi connectivity index (χ1) is 8.50. The summed E-state index contributed by atoms with van der Waals surface area (Å²) in [6, 6.07) is 5.05. The van der Waals surface area contributed by atoms with Crippen LogP contribution in [0.5, 0.6) is 0 Å². The van der Waals surface area contributed by atoms with Crippen molar-refractivity contribution >= 4 is 17.6 Å². The molecule has 0 bridgehead atoms. The average molecular weight is 253 g/mol. The van der Waals surface area contributed by atoms with Gasteiger partial charge in [0.05, 0.1) is 11.3 Å². The Balaban J connectivity index is 2.46. The zero-order valence-electron chi connectivity index (χ0n) is 9.25. The third-order valence-corrected chi connectivity index (χ3v) is 2.01. The van der Waals surface area contributed by atoms with E-state index in [0.717, 1.165) is 0 Å². The summed E-state index contributed by atoms with van der Waals surface area (Å²) in [7, 11) is 0. The van der Waals surface area contributed by atoms with Gasteiger partial charge in [-0.05, 0) is 12.1 Å². The number of hydrazine groups is 1. The lowest BCUT2D eigenvalue weighted by Crippen LogP contribution is -2.38. The fraction of sp³-hybridized carbons (Fsp3) is 0.200. The Labute approximate surface area is 102 Å². The number of nitrogens with one attached hydrogen (secondary N) is 2. The van der Waals surface area contributed by atoms with Crippen molar-refractivity contribution in [2.75, 3.05) is 6.54 Å². The second-order valence-corrected chi connectivity index (χ2v) is 3.33. The van der Waals surface area contributed by atoms with Crippen LogP contribution >= 0.6 is 0 Å². The van der Waals surface area contributed by atoms with E-state index in [0.29, 0.717) is 0 Å². The number of hydrogen-bond acceptors (Lipinski definition) is 5. The summed E-state index contributed by atoms with van der Waals surface area (Å²) in [6.45, 7) is 0.0913. The molecule has 1 aromatic carbocycles. The van der Waals surface area contributed by atoms with Crippen LogP contribution in [0.1, 0.15) is 16.8 Å². The summed E-state index contributed by atoms with van der Waals surface area (Å²) in [5, 5.41) is 18.8. The monoisotopic (exact) mass is 253 g/mol. The minimum Gasteiger partial charge on any atom is -0.481 e. The molecule has 0 aliphatic carbocycles. The van der Waals surface area contributed by atoms with Gasteiger partial charge in [-0.15, -0.1) is 0 Å². The van der Waals surface area contributed by atoms with Crippen molar-refractivity contribution in [3.63, 3.8) is 0 Å². The minimum absolute atomic E-state index is 0.0913.